The van der Waals surface area contributed by atoms with Crippen molar-refractivity contribution in [3.8, 4) is 0 Å². The maximum absolute atomic E-state index is 12.6. The highest BCUT2D eigenvalue weighted by Crippen LogP contribution is 2.25. The number of carbonyl (C=O) groups excluding carboxylic acids is 1. The molecule has 0 amide bonds. The first kappa shape index (κ1) is 10.8. The molecule has 1 atom stereocenters. The van der Waals surface area contributed by atoms with Crippen LogP contribution < -0.4 is 0 Å². The number of hydrogen-bond donors (Lipinski definition) is 1. The molecule has 84 valence electrons. The quantitative estimate of drug-likeness (QED) is 0.602. The van der Waals surface area contributed by atoms with E-state index < -0.39 is 22.7 Å². The fourth-order valence-corrected chi connectivity index (χ4v) is 1.82. The Labute approximate surface area is 94.2 Å². The Hall–Kier alpha value is -1.69. The summed E-state index contributed by atoms with van der Waals surface area (Å²) < 4.78 is 17.7. The number of nitrogens with zero attached hydrogens (tertiary/aromatic N) is 2. The van der Waals surface area contributed by atoms with Gasteiger partial charge in [0.05, 0.1) is 11.1 Å². The van der Waals surface area contributed by atoms with Crippen molar-refractivity contribution >= 4 is 27.6 Å². The minimum Gasteiger partial charge on any atom is -0.397 e. The number of benzene rings is 1. The Bertz CT molecular complexity index is 470. The monoisotopic (exact) mass is 240 g/mol. The summed E-state index contributed by atoms with van der Waals surface area (Å²) in [4.78, 5) is 11.6. The van der Waals surface area contributed by atoms with Gasteiger partial charge < -0.3 is 4.74 Å². The van der Waals surface area contributed by atoms with Gasteiger partial charge in [-0.1, -0.05) is 0 Å². The first-order valence-corrected chi connectivity index (χ1v) is 6.34. The SMILES string of the molecule is C[SH]1C=NN=C1OC(=O)c1ccc(F)cc1. The van der Waals surface area contributed by atoms with Gasteiger partial charge in [0.2, 0.25) is 0 Å². The maximum atomic E-state index is 12.6. The lowest BCUT2D eigenvalue weighted by atomic mass is 10.2. The van der Waals surface area contributed by atoms with Crippen LogP contribution in [0.5, 0.6) is 0 Å². The van der Waals surface area contributed by atoms with E-state index in [0.29, 0.717) is 10.8 Å². The van der Waals surface area contributed by atoms with Crippen molar-refractivity contribution in [2.24, 2.45) is 10.2 Å². The van der Waals surface area contributed by atoms with Crippen LogP contribution in [0, 0.1) is 5.82 Å². The molecule has 1 aromatic rings. The third-order valence-electron chi connectivity index (χ3n) is 1.93. The summed E-state index contributed by atoms with van der Waals surface area (Å²) in [6, 6.07) is 5.15. The van der Waals surface area contributed by atoms with E-state index in [9.17, 15) is 9.18 Å². The van der Waals surface area contributed by atoms with Crippen molar-refractivity contribution in [2.45, 2.75) is 0 Å². The molecule has 0 bridgehead atoms. The molecule has 2 rings (SSSR count). The van der Waals surface area contributed by atoms with E-state index in [-0.39, 0.29) is 0 Å². The predicted molar refractivity (Wildman–Crippen MR) is 62.7 cm³/mol. The summed E-state index contributed by atoms with van der Waals surface area (Å²) in [5.74, 6) is -0.936. The fraction of sp³-hybridized carbons (Fsp3) is 0.100. The van der Waals surface area contributed by atoms with E-state index in [1.807, 2.05) is 6.26 Å². The van der Waals surface area contributed by atoms with Crippen molar-refractivity contribution in [1.82, 2.24) is 0 Å². The second kappa shape index (κ2) is 4.44. The molecule has 0 radical (unpaired) electrons. The third kappa shape index (κ3) is 2.27. The number of esters is 1. The zero-order valence-electron chi connectivity index (χ0n) is 8.42. The van der Waals surface area contributed by atoms with Crippen LogP contribution in [-0.4, -0.2) is 23.0 Å². The lowest BCUT2D eigenvalue weighted by molar-refractivity contribution is 0.0723. The number of ether oxygens (including phenoxy) is 1. The van der Waals surface area contributed by atoms with Crippen molar-refractivity contribution < 1.29 is 13.9 Å². The first-order chi connectivity index (χ1) is 7.66. The van der Waals surface area contributed by atoms with Crippen molar-refractivity contribution in [3.05, 3.63) is 35.6 Å². The van der Waals surface area contributed by atoms with Crippen LogP contribution in [-0.2, 0) is 4.74 Å². The fourth-order valence-electron chi connectivity index (χ4n) is 1.09. The third-order valence-corrected chi connectivity index (χ3v) is 3.17. The molecule has 0 N–H and O–H groups in total. The molecule has 0 saturated carbocycles. The van der Waals surface area contributed by atoms with Crippen LogP contribution in [0.3, 0.4) is 0 Å². The van der Waals surface area contributed by atoms with E-state index in [4.69, 9.17) is 4.74 Å². The molecule has 0 spiro atoms. The second-order valence-electron chi connectivity index (χ2n) is 3.12. The summed E-state index contributed by atoms with van der Waals surface area (Å²) in [6.45, 7) is 0. The summed E-state index contributed by atoms with van der Waals surface area (Å²) >= 11 is 0. The summed E-state index contributed by atoms with van der Waals surface area (Å²) in [5.41, 5.74) is 1.93. The van der Waals surface area contributed by atoms with Gasteiger partial charge >= 0.3 is 5.97 Å². The summed E-state index contributed by atoms with van der Waals surface area (Å²) in [5, 5.41) is 7.68. The van der Waals surface area contributed by atoms with E-state index in [1.165, 1.54) is 24.3 Å². The average molecular weight is 240 g/mol. The van der Waals surface area contributed by atoms with Crippen molar-refractivity contribution in [1.29, 1.82) is 0 Å². The van der Waals surface area contributed by atoms with Gasteiger partial charge in [-0.15, -0.1) is 21.1 Å². The molecule has 1 unspecified atom stereocenters. The molecule has 16 heavy (non-hydrogen) atoms. The van der Waals surface area contributed by atoms with Crippen LogP contribution in [0.25, 0.3) is 0 Å². The highest BCUT2D eigenvalue weighted by atomic mass is 32.2. The Morgan fingerprint density at radius 3 is 2.62 bits per heavy atom. The lowest BCUT2D eigenvalue weighted by Gasteiger charge is -2.08. The number of hydrogen-bond acceptors (Lipinski definition) is 4. The minimum absolute atomic E-state index is 0.291. The molecule has 1 aliphatic rings. The maximum Gasteiger partial charge on any atom is 0.345 e. The zero-order valence-corrected chi connectivity index (χ0v) is 9.32. The van der Waals surface area contributed by atoms with Crippen LogP contribution in [0.15, 0.2) is 34.5 Å². The number of carbonyl (C=O) groups is 1. The topological polar surface area (TPSA) is 51.0 Å². The van der Waals surface area contributed by atoms with Gasteiger partial charge in [-0.05, 0) is 30.5 Å². The summed E-state index contributed by atoms with van der Waals surface area (Å²) in [6.07, 6.45) is 1.88. The van der Waals surface area contributed by atoms with Gasteiger partial charge in [0.1, 0.15) is 5.82 Å². The number of rotatable bonds is 1. The van der Waals surface area contributed by atoms with Gasteiger partial charge in [0.15, 0.2) is 0 Å². The number of halogens is 1. The molecule has 1 aliphatic heterocycles. The van der Waals surface area contributed by atoms with Gasteiger partial charge in [-0.2, -0.15) is 0 Å². The number of thiol groups is 1. The molecule has 0 aromatic heterocycles. The van der Waals surface area contributed by atoms with E-state index >= 15 is 0 Å². The van der Waals surface area contributed by atoms with E-state index in [1.54, 1.807) is 5.55 Å². The molecule has 4 nitrogen and oxygen atoms in total. The normalized spacial score (nSPS) is 20.6. The van der Waals surface area contributed by atoms with Crippen LogP contribution in [0.1, 0.15) is 10.4 Å². The Morgan fingerprint density at radius 1 is 1.38 bits per heavy atom. The first-order valence-electron chi connectivity index (χ1n) is 4.48. The van der Waals surface area contributed by atoms with Gasteiger partial charge in [0, 0.05) is 0 Å². The Kier molecular flexibility index (Phi) is 3.00. The van der Waals surface area contributed by atoms with Crippen molar-refractivity contribution in [3.63, 3.8) is 0 Å². The Morgan fingerprint density at radius 2 is 2.06 bits per heavy atom. The highest BCUT2D eigenvalue weighted by molar-refractivity contribution is 8.39. The molecule has 1 aromatic carbocycles. The second-order valence-corrected chi connectivity index (χ2v) is 4.96. The molecule has 1 heterocycles. The molecular formula is C10H9FN2O2S. The average Bonchev–Trinajstić information content (AvgIpc) is 2.65. The van der Waals surface area contributed by atoms with E-state index in [0.717, 1.165) is 0 Å². The van der Waals surface area contributed by atoms with Gasteiger partial charge in [-0.3, -0.25) is 0 Å². The smallest absolute Gasteiger partial charge is 0.345 e. The highest BCUT2D eigenvalue weighted by Gasteiger charge is 2.17. The minimum atomic E-state index is -0.716. The van der Waals surface area contributed by atoms with Crippen LogP contribution >= 0.6 is 10.9 Å². The molecule has 0 fully saturated rings. The Balaban J connectivity index is 2.06. The van der Waals surface area contributed by atoms with E-state index in [2.05, 4.69) is 10.2 Å². The predicted octanol–water partition coefficient (Wildman–Crippen LogP) is 1.93. The van der Waals surface area contributed by atoms with Crippen molar-refractivity contribution in [2.75, 3.05) is 6.26 Å². The molecule has 0 aliphatic carbocycles. The largest absolute Gasteiger partial charge is 0.397 e. The van der Waals surface area contributed by atoms with Crippen LogP contribution in [0.4, 0.5) is 4.39 Å². The molecule has 6 heteroatoms. The standard InChI is InChI=1S/C10H9FN2O2S/c1-16-6-12-13-10(16)15-9(14)7-2-4-8(11)5-3-7/h2-6,16H,1H3. The lowest BCUT2D eigenvalue weighted by Crippen LogP contribution is -2.11. The molecule has 0 saturated heterocycles. The van der Waals surface area contributed by atoms with Gasteiger partial charge in [-0.25, -0.2) is 9.18 Å². The molecular weight excluding hydrogens is 231 g/mol. The van der Waals surface area contributed by atoms with Crippen LogP contribution in [0.2, 0.25) is 0 Å². The summed E-state index contributed by atoms with van der Waals surface area (Å²) in [7, 11) is -0.716. The van der Waals surface area contributed by atoms with Gasteiger partial charge in [0.25, 0.3) is 5.23 Å². The zero-order chi connectivity index (χ0) is 11.5.